The number of nitrogens with zero attached hydrogens (tertiary/aromatic N) is 2. The minimum Gasteiger partial charge on any atom is -0.212 e. The minimum absolute atomic E-state index is 0.0456. The molecular formula is C9H21N3O4S2. The number of nitrogens with one attached hydrogen (secondary N) is 1. The van der Waals surface area contributed by atoms with Crippen molar-refractivity contribution in [3.8, 4) is 0 Å². The van der Waals surface area contributed by atoms with E-state index in [1.807, 2.05) is 0 Å². The van der Waals surface area contributed by atoms with Gasteiger partial charge in [0.2, 0.25) is 10.0 Å². The molecule has 1 aliphatic heterocycles. The molecule has 0 aromatic carbocycles. The zero-order valence-corrected chi connectivity index (χ0v) is 12.6. The number of sulfonamides is 1. The standard InChI is InChI=1S/C9H21N3O4S2/c1-4-17(13,14)11-5-7-12(8-6-11)18(15,16)10-9(2)3/h9-10H,4-8H2,1-3H3. The Bertz CT molecular complexity index is 464. The maximum absolute atomic E-state index is 11.9. The zero-order chi connectivity index (χ0) is 14.0. The molecule has 1 fully saturated rings. The normalized spacial score (nSPS) is 20.4. The molecule has 108 valence electrons. The van der Waals surface area contributed by atoms with Crippen LogP contribution in [-0.2, 0) is 20.2 Å². The van der Waals surface area contributed by atoms with Crippen LogP contribution in [0.25, 0.3) is 0 Å². The van der Waals surface area contributed by atoms with E-state index < -0.39 is 20.2 Å². The summed E-state index contributed by atoms with van der Waals surface area (Å²) in [5.41, 5.74) is 0. The molecule has 7 nitrogen and oxygen atoms in total. The van der Waals surface area contributed by atoms with Crippen LogP contribution in [-0.4, -0.2) is 63.4 Å². The first kappa shape index (κ1) is 15.8. The van der Waals surface area contributed by atoms with Crippen molar-refractivity contribution in [3.05, 3.63) is 0 Å². The Morgan fingerprint density at radius 1 is 1.00 bits per heavy atom. The second-order valence-electron chi connectivity index (χ2n) is 4.48. The van der Waals surface area contributed by atoms with Gasteiger partial charge in [0.25, 0.3) is 10.2 Å². The molecule has 1 rings (SSSR count). The summed E-state index contributed by atoms with van der Waals surface area (Å²) >= 11 is 0. The van der Waals surface area contributed by atoms with Gasteiger partial charge in [-0.25, -0.2) is 8.42 Å². The Hall–Kier alpha value is -0.220. The van der Waals surface area contributed by atoms with E-state index in [-0.39, 0.29) is 38.0 Å². The molecule has 0 unspecified atom stereocenters. The first-order valence-corrected chi connectivity index (χ1v) is 8.99. The third-order valence-electron chi connectivity index (χ3n) is 2.68. The number of rotatable bonds is 5. The molecule has 9 heteroatoms. The zero-order valence-electron chi connectivity index (χ0n) is 11.0. The highest BCUT2D eigenvalue weighted by molar-refractivity contribution is 7.89. The van der Waals surface area contributed by atoms with E-state index in [1.54, 1.807) is 20.8 Å². The van der Waals surface area contributed by atoms with Crippen molar-refractivity contribution in [1.82, 2.24) is 13.3 Å². The lowest BCUT2D eigenvalue weighted by atomic mass is 10.4. The maximum atomic E-state index is 11.9. The van der Waals surface area contributed by atoms with E-state index in [1.165, 1.54) is 8.61 Å². The maximum Gasteiger partial charge on any atom is 0.279 e. The van der Waals surface area contributed by atoms with E-state index in [4.69, 9.17) is 0 Å². The first-order valence-electron chi connectivity index (χ1n) is 5.94. The highest BCUT2D eigenvalue weighted by Gasteiger charge is 2.31. The summed E-state index contributed by atoms with van der Waals surface area (Å²) in [6.07, 6.45) is 0. The molecule has 18 heavy (non-hydrogen) atoms. The summed E-state index contributed by atoms with van der Waals surface area (Å²) in [4.78, 5) is 0. The molecule has 0 atom stereocenters. The predicted molar refractivity (Wildman–Crippen MR) is 69.8 cm³/mol. The number of hydrogen-bond acceptors (Lipinski definition) is 4. The second kappa shape index (κ2) is 5.83. The molecule has 0 aliphatic carbocycles. The van der Waals surface area contributed by atoms with Crippen molar-refractivity contribution < 1.29 is 16.8 Å². The summed E-state index contributed by atoms with van der Waals surface area (Å²) in [5.74, 6) is 0.0456. The summed E-state index contributed by atoms with van der Waals surface area (Å²) in [6, 6.07) is -0.174. The van der Waals surface area contributed by atoms with E-state index in [2.05, 4.69) is 4.72 Å². The number of piperazine rings is 1. The third-order valence-corrected chi connectivity index (χ3v) is 6.38. The van der Waals surface area contributed by atoms with Crippen LogP contribution < -0.4 is 4.72 Å². The van der Waals surface area contributed by atoms with Crippen molar-refractivity contribution in [3.63, 3.8) is 0 Å². The molecule has 0 bridgehead atoms. The molecular weight excluding hydrogens is 278 g/mol. The number of hydrogen-bond donors (Lipinski definition) is 1. The van der Waals surface area contributed by atoms with Gasteiger partial charge in [-0.2, -0.15) is 21.8 Å². The van der Waals surface area contributed by atoms with Crippen LogP contribution in [0.2, 0.25) is 0 Å². The monoisotopic (exact) mass is 299 g/mol. The van der Waals surface area contributed by atoms with Gasteiger partial charge in [0.05, 0.1) is 5.75 Å². The smallest absolute Gasteiger partial charge is 0.212 e. The lowest BCUT2D eigenvalue weighted by Gasteiger charge is -2.33. The second-order valence-corrected chi connectivity index (χ2v) is 8.44. The van der Waals surface area contributed by atoms with Gasteiger partial charge in [-0.1, -0.05) is 0 Å². The predicted octanol–water partition coefficient (Wildman–Crippen LogP) is -0.803. The van der Waals surface area contributed by atoms with Gasteiger partial charge in [-0.15, -0.1) is 0 Å². The first-order chi connectivity index (χ1) is 8.19. The summed E-state index contributed by atoms with van der Waals surface area (Å²) in [7, 11) is -6.72. The summed E-state index contributed by atoms with van der Waals surface area (Å²) in [6.45, 7) is 5.90. The van der Waals surface area contributed by atoms with Gasteiger partial charge in [-0.3, -0.25) is 0 Å². The van der Waals surface area contributed by atoms with Gasteiger partial charge >= 0.3 is 0 Å². The molecule has 0 aromatic heterocycles. The van der Waals surface area contributed by atoms with Crippen molar-refractivity contribution >= 4 is 20.2 Å². The van der Waals surface area contributed by atoms with Crippen molar-refractivity contribution in [1.29, 1.82) is 0 Å². The Balaban J connectivity index is 2.65. The van der Waals surface area contributed by atoms with Gasteiger partial charge in [0.1, 0.15) is 0 Å². The average Bonchev–Trinajstić information content (AvgIpc) is 2.27. The SMILES string of the molecule is CCS(=O)(=O)N1CCN(S(=O)(=O)NC(C)C)CC1. The molecule has 0 saturated carbocycles. The lowest BCUT2D eigenvalue weighted by Crippen LogP contribution is -2.54. The van der Waals surface area contributed by atoms with Crippen molar-refractivity contribution in [2.75, 3.05) is 31.9 Å². The highest BCUT2D eigenvalue weighted by Crippen LogP contribution is 2.10. The van der Waals surface area contributed by atoms with E-state index in [0.717, 1.165) is 0 Å². The summed E-state index contributed by atoms with van der Waals surface area (Å²) in [5, 5.41) is 0. The largest absolute Gasteiger partial charge is 0.279 e. The van der Waals surface area contributed by atoms with Gasteiger partial charge in [0.15, 0.2) is 0 Å². The molecule has 0 aromatic rings. The molecule has 1 N–H and O–H groups in total. The van der Waals surface area contributed by atoms with Crippen LogP contribution in [0.3, 0.4) is 0 Å². The van der Waals surface area contributed by atoms with Gasteiger partial charge in [-0.05, 0) is 20.8 Å². The highest BCUT2D eigenvalue weighted by atomic mass is 32.2. The quantitative estimate of drug-likeness (QED) is 0.720. The Labute approximate surface area is 109 Å². The van der Waals surface area contributed by atoms with Gasteiger partial charge < -0.3 is 0 Å². The lowest BCUT2D eigenvalue weighted by molar-refractivity contribution is 0.270. The molecule has 1 aliphatic rings. The minimum atomic E-state index is -3.50. The molecule has 0 amide bonds. The van der Waals surface area contributed by atoms with Crippen molar-refractivity contribution in [2.24, 2.45) is 0 Å². The Kier molecular flexibility index (Phi) is 5.13. The van der Waals surface area contributed by atoms with E-state index >= 15 is 0 Å². The summed E-state index contributed by atoms with van der Waals surface area (Å²) < 4.78 is 52.1. The van der Waals surface area contributed by atoms with Crippen LogP contribution >= 0.6 is 0 Å². The van der Waals surface area contributed by atoms with Crippen LogP contribution in [0, 0.1) is 0 Å². The van der Waals surface area contributed by atoms with Crippen LogP contribution in [0.1, 0.15) is 20.8 Å². The molecule has 1 heterocycles. The van der Waals surface area contributed by atoms with Gasteiger partial charge in [0, 0.05) is 32.2 Å². The molecule has 1 saturated heterocycles. The molecule has 0 spiro atoms. The third kappa shape index (κ3) is 3.89. The van der Waals surface area contributed by atoms with Crippen LogP contribution in [0.5, 0.6) is 0 Å². The Morgan fingerprint density at radius 3 is 1.83 bits per heavy atom. The fourth-order valence-electron chi connectivity index (χ4n) is 1.74. The van der Waals surface area contributed by atoms with Crippen LogP contribution in [0.4, 0.5) is 0 Å². The average molecular weight is 299 g/mol. The Morgan fingerprint density at radius 2 is 1.44 bits per heavy atom. The molecule has 0 radical (unpaired) electrons. The van der Waals surface area contributed by atoms with E-state index in [0.29, 0.717) is 0 Å². The van der Waals surface area contributed by atoms with Crippen LogP contribution in [0.15, 0.2) is 0 Å². The van der Waals surface area contributed by atoms with E-state index in [9.17, 15) is 16.8 Å². The fraction of sp³-hybridized carbons (Fsp3) is 1.00. The fourth-order valence-corrected chi connectivity index (χ4v) is 4.22. The van der Waals surface area contributed by atoms with Crippen molar-refractivity contribution in [2.45, 2.75) is 26.8 Å². The topological polar surface area (TPSA) is 86.8 Å².